The zero-order chi connectivity index (χ0) is 16.6. The average Bonchev–Trinajstić information content (AvgIpc) is 2.28. The van der Waals surface area contributed by atoms with Crippen LogP contribution in [0.4, 0.5) is 0 Å². The van der Waals surface area contributed by atoms with Crippen LogP contribution in [0.25, 0.3) is 0 Å². The predicted octanol–water partition coefficient (Wildman–Crippen LogP) is 5.76. The van der Waals surface area contributed by atoms with Crippen molar-refractivity contribution in [2.45, 2.75) is 104 Å². The zero-order valence-electron chi connectivity index (χ0n) is 15.3. The molecular weight excluding hydrogens is 280 g/mol. The highest BCUT2D eigenvalue weighted by atomic mass is 32.2. The maximum atomic E-state index is 11.9. The van der Waals surface area contributed by atoms with Crippen LogP contribution in [0.15, 0.2) is 0 Å². The van der Waals surface area contributed by atoms with Gasteiger partial charge in [-0.15, -0.1) is 0 Å². The average molecular weight is 319 g/mol. The van der Waals surface area contributed by atoms with Crippen LogP contribution in [0, 0.1) is 5.41 Å². The molecule has 21 heavy (non-hydrogen) atoms. The second-order valence-corrected chi connectivity index (χ2v) is 11.4. The van der Waals surface area contributed by atoms with Gasteiger partial charge in [0.25, 0.3) is 0 Å². The van der Waals surface area contributed by atoms with Crippen molar-refractivity contribution in [1.82, 2.24) is 0 Å². The van der Waals surface area contributed by atoms with Gasteiger partial charge in [0, 0.05) is 0 Å². The first-order chi connectivity index (χ1) is 9.46. The Morgan fingerprint density at radius 3 is 1.38 bits per heavy atom. The smallest absolute Gasteiger partial charge is 0.155 e. The summed E-state index contributed by atoms with van der Waals surface area (Å²) < 4.78 is 23.3. The van der Waals surface area contributed by atoms with Gasteiger partial charge in [-0.2, -0.15) is 0 Å². The van der Waals surface area contributed by atoms with E-state index in [9.17, 15) is 8.42 Å². The summed E-state index contributed by atoms with van der Waals surface area (Å²) in [5.41, 5.74) is 0.471. The van der Waals surface area contributed by atoms with Crippen LogP contribution in [0.1, 0.15) is 99.3 Å². The summed E-state index contributed by atoms with van der Waals surface area (Å²) in [5.74, 6) is 0.349. The molecule has 0 aromatic carbocycles. The number of unbranched alkanes of at least 4 members (excludes halogenated alkanes) is 7. The van der Waals surface area contributed by atoms with Crippen molar-refractivity contribution in [3.05, 3.63) is 0 Å². The zero-order valence-corrected chi connectivity index (χ0v) is 16.1. The van der Waals surface area contributed by atoms with E-state index < -0.39 is 14.6 Å². The predicted molar refractivity (Wildman–Crippen MR) is 94.5 cm³/mol. The Labute approximate surface area is 134 Å². The maximum Gasteiger partial charge on any atom is 0.155 e. The molecule has 0 heterocycles. The molecule has 2 nitrogen and oxygen atoms in total. The lowest BCUT2D eigenvalue weighted by Crippen LogP contribution is -2.30. The molecule has 0 aromatic rings. The molecule has 0 rings (SSSR count). The largest absolute Gasteiger partial charge is 0.228 e. The Morgan fingerprint density at radius 2 is 1.00 bits per heavy atom. The van der Waals surface area contributed by atoms with Crippen LogP contribution in [-0.2, 0) is 9.84 Å². The van der Waals surface area contributed by atoms with E-state index in [1.54, 1.807) is 20.8 Å². The summed E-state index contributed by atoms with van der Waals surface area (Å²) in [6, 6.07) is 0. The minimum absolute atomic E-state index is 0.349. The molecule has 0 aromatic heterocycles. The van der Waals surface area contributed by atoms with Gasteiger partial charge in [0.1, 0.15) is 0 Å². The van der Waals surface area contributed by atoms with Crippen molar-refractivity contribution in [3.63, 3.8) is 0 Å². The van der Waals surface area contributed by atoms with E-state index in [4.69, 9.17) is 0 Å². The van der Waals surface area contributed by atoms with Gasteiger partial charge in [0.2, 0.25) is 0 Å². The molecule has 0 amide bonds. The highest BCUT2D eigenvalue weighted by Gasteiger charge is 2.27. The van der Waals surface area contributed by atoms with Gasteiger partial charge in [-0.25, -0.2) is 8.42 Å². The Morgan fingerprint density at radius 1 is 0.619 bits per heavy atom. The first-order valence-corrected chi connectivity index (χ1v) is 10.3. The second-order valence-electron chi connectivity index (χ2n) is 8.57. The monoisotopic (exact) mass is 318 g/mol. The summed E-state index contributed by atoms with van der Waals surface area (Å²) in [6.07, 6.45) is 10.9. The molecule has 0 saturated heterocycles. The topological polar surface area (TPSA) is 34.1 Å². The minimum Gasteiger partial charge on any atom is -0.228 e. The van der Waals surface area contributed by atoms with Crippen LogP contribution in [0.2, 0.25) is 0 Å². The molecule has 0 aliphatic carbocycles. The highest BCUT2D eigenvalue weighted by Crippen LogP contribution is 2.23. The van der Waals surface area contributed by atoms with E-state index in [-0.39, 0.29) is 0 Å². The van der Waals surface area contributed by atoms with Crippen molar-refractivity contribution in [2.75, 3.05) is 5.75 Å². The lowest BCUT2D eigenvalue weighted by Gasteiger charge is -2.18. The Balaban J connectivity index is 3.46. The van der Waals surface area contributed by atoms with Gasteiger partial charge in [-0.3, -0.25) is 0 Å². The van der Waals surface area contributed by atoms with E-state index in [1.165, 1.54) is 44.9 Å². The maximum absolute atomic E-state index is 11.9. The van der Waals surface area contributed by atoms with Gasteiger partial charge < -0.3 is 0 Å². The lowest BCUT2D eigenvalue weighted by atomic mass is 9.89. The summed E-state index contributed by atoms with van der Waals surface area (Å²) in [5, 5.41) is 0. The number of sulfone groups is 1. The third-order valence-electron chi connectivity index (χ3n) is 4.02. The number of hydrogen-bond donors (Lipinski definition) is 0. The molecule has 0 aliphatic heterocycles. The molecule has 3 heteroatoms. The van der Waals surface area contributed by atoms with Gasteiger partial charge in [0.05, 0.1) is 10.5 Å². The normalized spacial score (nSPS) is 13.6. The first kappa shape index (κ1) is 20.9. The molecule has 0 fully saturated rings. The summed E-state index contributed by atoms with van der Waals surface area (Å²) in [6.45, 7) is 12.3. The van der Waals surface area contributed by atoms with Crippen molar-refractivity contribution >= 4 is 9.84 Å². The minimum atomic E-state index is -2.92. The molecule has 0 aliphatic rings. The molecule has 0 N–H and O–H groups in total. The van der Waals surface area contributed by atoms with E-state index in [0.29, 0.717) is 11.2 Å². The molecule has 128 valence electrons. The molecule has 0 saturated carbocycles. The van der Waals surface area contributed by atoms with Gasteiger partial charge in [-0.1, -0.05) is 65.7 Å². The van der Waals surface area contributed by atoms with Gasteiger partial charge >= 0.3 is 0 Å². The van der Waals surface area contributed by atoms with Gasteiger partial charge in [0.15, 0.2) is 9.84 Å². The van der Waals surface area contributed by atoms with E-state index in [0.717, 1.165) is 12.8 Å². The molecule has 0 radical (unpaired) electrons. The standard InChI is InChI=1S/C18H38O2S/c1-17(2,3)15-13-11-9-7-8-10-12-14-16-21(19,20)18(4,5)6/h7-16H2,1-6H3. The fourth-order valence-corrected chi connectivity index (χ4v) is 3.51. The van der Waals surface area contributed by atoms with Crippen LogP contribution in [-0.4, -0.2) is 18.9 Å². The van der Waals surface area contributed by atoms with Crippen molar-refractivity contribution in [2.24, 2.45) is 5.41 Å². The molecule has 0 atom stereocenters. The summed E-state index contributed by atoms with van der Waals surface area (Å²) >= 11 is 0. The molecule has 0 bridgehead atoms. The van der Waals surface area contributed by atoms with E-state index in [2.05, 4.69) is 20.8 Å². The van der Waals surface area contributed by atoms with Crippen LogP contribution >= 0.6 is 0 Å². The molecule has 0 unspecified atom stereocenters. The Hall–Kier alpha value is -0.0500. The fourth-order valence-electron chi connectivity index (χ4n) is 2.31. The number of rotatable bonds is 10. The summed E-state index contributed by atoms with van der Waals surface area (Å²) in [7, 11) is -2.92. The number of hydrogen-bond acceptors (Lipinski definition) is 2. The van der Waals surface area contributed by atoms with Crippen LogP contribution in [0.5, 0.6) is 0 Å². The first-order valence-electron chi connectivity index (χ1n) is 8.68. The molecular formula is C18H38O2S. The van der Waals surface area contributed by atoms with Crippen LogP contribution < -0.4 is 0 Å². The van der Waals surface area contributed by atoms with Crippen LogP contribution in [0.3, 0.4) is 0 Å². The third-order valence-corrected chi connectivity index (χ3v) is 6.72. The quantitative estimate of drug-likeness (QED) is 0.480. The van der Waals surface area contributed by atoms with Gasteiger partial charge in [-0.05, 0) is 39.0 Å². The lowest BCUT2D eigenvalue weighted by molar-refractivity contribution is 0.356. The highest BCUT2D eigenvalue weighted by molar-refractivity contribution is 7.92. The van der Waals surface area contributed by atoms with Crippen molar-refractivity contribution < 1.29 is 8.42 Å². The van der Waals surface area contributed by atoms with E-state index >= 15 is 0 Å². The van der Waals surface area contributed by atoms with Crippen molar-refractivity contribution in [1.29, 1.82) is 0 Å². The van der Waals surface area contributed by atoms with E-state index in [1.807, 2.05) is 0 Å². The summed E-state index contributed by atoms with van der Waals surface area (Å²) in [4.78, 5) is 0. The fraction of sp³-hybridized carbons (Fsp3) is 1.00. The van der Waals surface area contributed by atoms with Crippen molar-refractivity contribution in [3.8, 4) is 0 Å². The molecule has 0 spiro atoms. The Kier molecular flexibility index (Phi) is 9.15. The third kappa shape index (κ3) is 11.2. The second kappa shape index (κ2) is 9.17. The Bertz CT molecular complexity index is 356. The SMILES string of the molecule is CC(C)(C)CCCCCCCCCCS(=O)(=O)C(C)(C)C.